The molecule has 0 bridgehead atoms. The fraction of sp³-hybridized carbons (Fsp3) is 0.542. The van der Waals surface area contributed by atoms with E-state index in [4.69, 9.17) is 4.74 Å². The topological polar surface area (TPSA) is 75.7 Å². The van der Waals surface area contributed by atoms with Crippen LogP contribution in [0.3, 0.4) is 0 Å². The molecule has 0 spiro atoms. The number of allylic oxidation sites excluding steroid dienone is 1. The average molecular weight is 464 g/mol. The van der Waals surface area contributed by atoms with Crippen LogP contribution < -0.4 is 5.32 Å². The first kappa shape index (κ1) is 23.3. The van der Waals surface area contributed by atoms with Gasteiger partial charge in [-0.15, -0.1) is 0 Å². The summed E-state index contributed by atoms with van der Waals surface area (Å²) in [7, 11) is 0. The van der Waals surface area contributed by atoms with E-state index in [0.717, 1.165) is 42.7 Å². The van der Waals surface area contributed by atoms with Crippen molar-refractivity contribution in [2.24, 2.45) is 11.3 Å². The molecule has 0 radical (unpaired) electrons. The molecule has 178 valence electrons. The lowest BCUT2D eigenvalue weighted by Crippen LogP contribution is -2.53. The third kappa shape index (κ3) is 4.37. The highest BCUT2D eigenvalue weighted by Crippen LogP contribution is 2.55. The van der Waals surface area contributed by atoms with Gasteiger partial charge in [0.2, 0.25) is 11.8 Å². The largest absolute Gasteiger partial charge is 0.465 e. The molecule has 2 amide bonds. The Labute approximate surface area is 190 Å². The van der Waals surface area contributed by atoms with Crippen LogP contribution in [0, 0.1) is 11.3 Å². The molecular formula is C24H27F3N2O4. The van der Waals surface area contributed by atoms with Crippen molar-refractivity contribution in [3.63, 3.8) is 0 Å². The number of rotatable bonds is 6. The van der Waals surface area contributed by atoms with Crippen LogP contribution in [0.5, 0.6) is 0 Å². The van der Waals surface area contributed by atoms with E-state index in [-0.39, 0.29) is 37.9 Å². The zero-order valence-electron chi connectivity index (χ0n) is 18.5. The fourth-order valence-corrected chi connectivity index (χ4v) is 5.41. The number of ether oxygens (including phenoxy) is 1. The monoisotopic (exact) mass is 464 g/mol. The maximum absolute atomic E-state index is 13.2. The third-order valence-corrected chi connectivity index (χ3v) is 6.82. The number of hydrogen-bond acceptors (Lipinski definition) is 4. The van der Waals surface area contributed by atoms with Gasteiger partial charge >= 0.3 is 12.1 Å². The molecule has 4 rings (SSSR count). The van der Waals surface area contributed by atoms with Crippen LogP contribution in [0.4, 0.5) is 13.2 Å². The van der Waals surface area contributed by atoms with E-state index in [9.17, 15) is 27.6 Å². The number of benzene rings is 1. The van der Waals surface area contributed by atoms with Crippen LogP contribution in [0.1, 0.15) is 56.6 Å². The number of hydrogen-bond donors (Lipinski definition) is 1. The van der Waals surface area contributed by atoms with Crippen LogP contribution >= 0.6 is 0 Å². The lowest BCUT2D eigenvalue weighted by atomic mass is 9.71. The van der Waals surface area contributed by atoms with Crippen LogP contribution in [-0.2, 0) is 31.8 Å². The molecule has 33 heavy (non-hydrogen) atoms. The number of esters is 1. The zero-order valence-corrected chi connectivity index (χ0v) is 18.5. The van der Waals surface area contributed by atoms with Gasteiger partial charge in [-0.05, 0) is 62.3 Å². The first-order valence-corrected chi connectivity index (χ1v) is 11.3. The SMILES string of the molecule is CCOC(=O)[C@@]12CCC3=C1N(CCC3)C(=O)[C@H](CC(=O)NCc1cccc(C(F)(F)F)c1)C2. The van der Waals surface area contributed by atoms with Crippen molar-refractivity contribution in [3.8, 4) is 0 Å². The average Bonchev–Trinajstić information content (AvgIpc) is 3.16. The number of alkyl halides is 3. The van der Waals surface area contributed by atoms with E-state index in [1.165, 1.54) is 12.1 Å². The van der Waals surface area contributed by atoms with Crippen LogP contribution in [-0.4, -0.2) is 35.8 Å². The highest BCUT2D eigenvalue weighted by molar-refractivity contribution is 5.93. The molecule has 1 N–H and O–H groups in total. The quantitative estimate of drug-likeness (QED) is 0.647. The van der Waals surface area contributed by atoms with Gasteiger partial charge in [-0.1, -0.05) is 12.1 Å². The molecule has 1 aliphatic carbocycles. The molecule has 6 nitrogen and oxygen atoms in total. The Morgan fingerprint density at radius 2 is 2.06 bits per heavy atom. The number of nitrogens with one attached hydrogen (secondary N) is 1. The second-order valence-corrected chi connectivity index (χ2v) is 8.93. The number of amides is 2. The van der Waals surface area contributed by atoms with Gasteiger partial charge in [-0.3, -0.25) is 14.4 Å². The predicted molar refractivity (Wildman–Crippen MR) is 112 cm³/mol. The Balaban J connectivity index is 1.47. The smallest absolute Gasteiger partial charge is 0.416 e. The highest BCUT2D eigenvalue weighted by atomic mass is 19.4. The van der Waals surface area contributed by atoms with Gasteiger partial charge in [0, 0.05) is 31.1 Å². The lowest BCUT2D eigenvalue weighted by molar-refractivity contribution is -0.161. The van der Waals surface area contributed by atoms with Gasteiger partial charge in [-0.25, -0.2) is 0 Å². The summed E-state index contributed by atoms with van der Waals surface area (Å²) in [5.41, 5.74) is 0.561. The van der Waals surface area contributed by atoms with Crippen LogP contribution in [0.2, 0.25) is 0 Å². The van der Waals surface area contributed by atoms with Crippen LogP contribution in [0.15, 0.2) is 35.5 Å². The molecule has 9 heteroatoms. The summed E-state index contributed by atoms with van der Waals surface area (Å²) in [5.74, 6) is -1.63. The van der Waals surface area contributed by atoms with Crippen molar-refractivity contribution in [1.29, 1.82) is 0 Å². The first-order valence-electron chi connectivity index (χ1n) is 11.3. The molecule has 2 aliphatic heterocycles. The minimum Gasteiger partial charge on any atom is -0.465 e. The van der Waals surface area contributed by atoms with Gasteiger partial charge < -0.3 is 15.0 Å². The third-order valence-electron chi connectivity index (χ3n) is 6.82. The van der Waals surface area contributed by atoms with E-state index in [0.29, 0.717) is 18.5 Å². The summed E-state index contributed by atoms with van der Waals surface area (Å²) in [6, 6.07) is 4.76. The summed E-state index contributed by atoms with van der Waals surface area (Å²) in [6.45, 7) is 2.41. The summed E-state index contributed by atoms with van der Waals surface area (Å²) in [6.07, 6.45) is -1.37. The van der Waals surface area contributed by atoms with Gasteiger partial charge in [-0.2, -0.15) is 13.2 Å². The Hall–Kier alpha value is -2.84. The molecule has 1 aromatic carbocycles. The maximum atomic E-state index is 13.2. The normalized spacial score (nSPS) is 24.5. The van der Waals surface area contributed by atoms with E-state index in [2.05, 4.69) is 5.32 Å². The van der Waals surface area contributed by atoms with E-state index in [1.807, 2.05) is 0 Å². The Morgan fingerprint density at radius 1 is 1.27 bits per heavy atom. The van der Waals surface area contributed by atoms with Crippen LogP contribution in [0.25, 0.3) is 0 Å². The second kappa shape index (κ2) is 8.83. The summed E-state index contributed by atoms with van der Waals surface area (Å²) >= 11 is 0. The Morgan fingerprint density at radius 3 is 2.79 bits per heavy atom. The molecular weight excluding hydrogens is 437 g/mol. The standard InChI is InChI=1S/C24H27F3N2O4/c1-2-33-22(32)23-9-8-16-6-4-10-29(20(16)23)21(31)17(13-23)12-19(30)28-14-15-5-3-7-18(11-15)24(25,26)27/h3,5,7,11,17H,2,4,6,8-10,12-14H2,1H3,(H,28,30)/t17-,23-/m1/s1. The van der Waals surface area contributed by atoms with Gasteiger partial charge in [0.15, 0.2) is 0 Å². The molecule has 1 saturated heterocycles. The molecule has 2 atom stereocenters. The summed E-state index contributed by atoms with van der Waals surface area (Å²) < 4.78 is 44.1. The zero-order chi connectivity index (χ0) is 23.8. The summed E-state index contributed by atoms with van der Waals surface area (Å²) in [4.78, 5) is 40.5. The fourth-order valence-electron chi connectivity index (χ4n) is 5.41. The van der Waals surface area contributed by atoms with Gasteiger partial charge in [0.25, 0.3) is 0 Å². The highest BCUT2D eigenvalue weighted by Gasteiger charge is 2.57. The molecule has 1 fully saturated rings. The number of nitrogens with zero attached hydrogens (tertiary/aromatic N) is 1. The first-order chi connectivity index (χ1) is 15.7. The number of halogens is 3. The molecule has 2 heterocycles. The van der Waals surface area contributed by atoms with Crippen molar-refractivity contribution < 1.29 is 32.3 Å². The molecule has 0 unspecified atom stereocenters. The van der Waals surface area contributed by atoms with Gasteiger partial charge in [0.1, 0.15) is 5.41 Å². The van der Waals surface area contributed by atoms with Crippen molar-refractivity contribution in [3.05, 3.63) is 46.7 Å². The minimum absolute atomic E-state index is 0.0777. The second-order valence-electron chi connectivity index (χ2n) is 8.93. The number of piperidine rings is 1. The number of carbonyl (C=O) groups is 3. The van der Waals surface area contributed by atoms with Gasteiger partial charge in [0.05, 0.1) is 12.2 Å². The lowest BCUT2D eigenvalue weighted by Gasteiger charge is -2.45. The molecule has 0 saturated carbocycles. The Bertz CT molecular complexity index is 1000. The van der Waals surface area contributed by atoms with E-state index >= 15 is 0 Å². The van der Waals surface area contributed by atoms with Crippen molar-refractivity contribution in [2.45, 2.75) is 58.2 Å². The van der Waals surface area contributed by atoms with Crippen molar-refractivity contribution >= 4 is 17.8 Å². The van der Waals surface area contributed by atoms with E-state index < -0.39 is 29.0 Å². The Kier molecular flexibility index (Phi) is 6.24. The molecule has 3 aliphatic rings. The minimum atomic E-state index is -4.46. The maximum Gasteiger partial charge on any atom is 0.416 e. The predicted octanol–water partition coefficient (Wildman–Crippen LogP) is 3.95. The van der Waals surface area contributed by atoms with Crippen molar-refractivity contribution in [2.75, 3.05) is 13.2 Å². The number of carbonyl (C=O) groups excluding carboxylic acids is 3. The van der Waals surface area contributed by atoms with E-state index in [1.54, 1.807) is 11.8 Å². The van der Waals surface area contributed by atoms with Crippen molar-refractivity contribution in [1.82, 2.24) is 10.2 Å². The molecule has 1 aromatic rings. The molecule has 0 aromatic heterocycles. The summed E-state index contributed by atoms with van der Waals surface area (Å²) in [5, 5.41) is 2.62.